The highest BCUT2D eigenvalue weighted by Crippen LogP contribution is 2.37. The molecule has 0 N–H and O–H groups in total. The van der Waals surface area contributed by atoms with E-state index in [1.807, 2.05) is 12.1 Å². The van der Waals surface area contributed by atoms with Crippen LogP contribution in [-0.2, 0) is 15.6 Å². The second kappa shape index (κ2) is 7.26. The van der Waals surface area contributed by atoms with Crippen LogP contribution in [0.5, 0.6) is 0 Å². The van der Waals surface area contributed by atoms with Crippen molar-refractivity contribution in [1.82, 2.24) is 0 Å². The molecule has 4 rings (SSSR count). The average molecular weight is 465 g/mol. The number of sulfone groups is 1. The Balaban J connectivity index is 1.65. The van der Waals surface area contributed by atoms with Gasteiger partial charge in [0.05, 0.1) is 23.6 Å². The van der Waals surface area contributed by atoms with E-state index in [4.69, 9.17) is 4.99 Å². The number of fused-ring (bicyclic) bond motifs is 1. The molecule has 4 nitrogen and oxygen atoms in total. The lowest BCUT2D eigenvalue weighted by atomic mass is 10.1. The normalized spacial score (nSPS) is 23.4. The summed E-state index contributed by atoms with van der Waals surface area (Å²) in [7, 11) is -3.03. The van der Waals surface area contributed by atoms with Crippen LogP contribution in [0.1, 0.15) is 16.7 Å². The van der Waals surface area contributed by atoms with Gasteiger partial charge in [-0.05, 0) is 48.7 Å². The fraction of sp³-hybridized carbons (Fsp3) is 0.350. The molecule has 1 fully saturated rings. The van der Waals surface area contributed by atoms with Crippen molar-refractivity contribution in [1.29, 1.82) is 0 Å². The van der Waals surface area contributed by atoms with E-state index < -0.39 is 9.84 Å². The predicted molar refractivity (Wildman–Crippen MR) is 117 cm³/mol. The van der Waals surface area contributed by atoms with E-state index in [9.17, 15) is 8.42 Å². The summed E-state index contributed by atoms with van der Waals surface area (Å²) in [6, 6.07) is 14.3. The van der Waals surface area contributed by atoms with Crippen LogP contribution in [0.4, 0.5) is 5.69 Å². The lowest BCUT2D eigenvalue weighted by Crippen LogP contribution is -2.39. The number of amidine groups is 1. The summed E-state index contributed by atoms with van der Waals surface area (Å²) in [5.41, 5.74) is 4.60. The van der Waals surface area contributed by atoms with Crippen molar-refractivity contribution in [2.24, 2.45) is 4.99 Å². The van der Waals surface area contributed by atoms with Crippen molar-refractivity contribution >= 4 is 48.4 Å². The number of anilines is 1. The van der Waals surface area contributed by atoms with Crippen molar-refractivity contribution in [2.75, 3.05) is 16.4 Å². The molecule has 0 aromatic heterocycles. The summed E-state index contributed by atoms with van der Waals surface area (Å²) < 4.78 is 25.4. The number of thioether (sulfide) groups is 1. The Bertz CT molecular complexity index is 1000. The van der Waals surface area contributed by atoms with Gasteiger partial charge in [-0.3, -0.25) is 4.99 Å². The Morgan fingerprint density at radius 2 is 1.89 bits per heavy atom. The summed E-state index contributed by atoms with van der Waals surface area (Å²) in [4.78, 5) is 6.99. The fourth-order valence-corrected chi connectivity index (χ4v) is 6.80. The van der Waals surface area contributed by atoms with Gasteiger partial charge in [0.25, 0.3) is 0 Å². The Labute approximate surface area is 173 Å². The average Bonchev–Trinajstić information content (AvgIpc) is 3.08. The van der Waals surface area contributed by atoms with Gasteiger partial charge in [0, 0.05) is 15.9 Å². The third kappa shape index (κ3) is 3.96. The Hall–Kier alpha value is -1.31. The molecule has 0 bridgehead atoms. The lowest BCUT2D eigenvalue weighted by molar-refractivity contribution is 0.601. The van der Waals surface area contributed by atoms with Crippen LogP contribution in [0.25, 0.3) is 0 Å². The Kier molecular flexibility index (Phi) is 5.12. The minimum atomic E-state index is -3.03. The highest BCUT2D eigenvalue weighted by molar-refractivity contribution is 9.10. The molecule has 2 aromatic rings. The van der Waals surface area contributed by atoms with E-state index in [-0.39, 0.29) is 23.6 Å². The second-order valence-electron chi connectivity index (χ2n) is 7.20. The van der Waals surface area contributed by atoms with Crippen LogP contribution in [0.15, 0.2) is 51.9 Å². The number of nitrogens with zero attached hydrogens (tertiary/aromatic N) is 2. The van der Waals surface area contributed by atoms with Crippen LogP contribution in [0.2, 0.25) is 0 Å². The molecule has 0 unspecified atom stereocenters. The highest BCUT2D eigenvalue weighted by Gasteiger charge is 2.47. The van der Waals surface area contributed by atoms with Crippen LogP contribution in [0.3, 0.4) is 0 Å². The lowest BCUT2D eigenvalue weighted by Gasteiger charge is -2.28. The Morgan fingerprint density at radius 1 is 1.15 bits per heavy atom. The van der Waals surface area contributed by atoms with Gasteiger partial charge in [0.1, 0.15) is 0 Å². The molecule has 2 atom stereocenters. The number of hydrogen-bond donors (Lipinski definition) is 0. The molecule has 1 saturated heterocycles. The van der Waals surface area contributed by atoms with Gasteiger partial charge in [-0.2, -0.15) is 0 Å². The minimum absolute atomic E-state index is 0.0945. The zero-order chi connectivity index (χ0) is 19.2. The number of aliphatic imine (C=N–C) groups is 1. The number of halogens is 1. The zero-order valence-corrected chi connectivity index (χ0v) is 18.4. The van der Waals surface area contributed by atoms with E-state index in [0.717, 1.165) is 32.2 Å². The summed E-state index contributed by atoms with van der Waals surface area (Å²) in [5, 5.41) is 0.927. The number of benzene rings is 2. The third-order valence-corrected chi connectivity index (χ3v) is 8.28. The van der Waals surface area contributed by atoms with Crippen molar-refractivity contribution in [3.8, 4) is 0 Å². The summed E-state index contributed by atoms with van der Waals surface area (Å²) in [6.45, 7) is 4.14. The largest absolute Gasteiger partial charge is 0.315 e. The molecule has 2 aliphatic rings. The standard InChI is InChI=1S/C20H21BrN2O2S2/c1-13-3-4-14(2)18(9-13)23-19-12-27(24,25)11-17(19)22-20(23)26-10-15-5-7-16(21)8-6-15/h3-9,17,19H,10-12H2,1-2H3/t17-,19+/m1/s1. The van der Waals surface area contributed by atoms with E-state index in [1.165, 1.54) is 5.56 Å². The number of hydrogen-bond acceptors (Lipinski definition) is 5. The van der Waals surface area contributed by atoms with Gasteiger partial charge < -0.3 is 4.90 Å². The smallest absolute Gasteiger partial charge is 0.164 e. The topological polar surface area (TPSA) is 49.7 Å². The summed E-state index contributed by atoms with van der Waals surface area (Å²) in [6.07, 6.45) is 0. The molecule has 2 aliphatic heterocycles. The molecule has 0 spiro atoms. The maximum Gasteiger partial charge on any atom is 0.164 e. The fourth-order valence-electron chi connectivity index (χ4n) is 3.62. The van der Waals surface area contributed by atoms with Crippen LogP contribution in [-0.4, -0.2) is 37.2 Å². The van der Waals surface area contributed by atoms with Gasteiger partial charge in [-0.1, -0.05) is 52.0 Å². The third-order valence-electron chi connectivity index (χ3n) is 5.01. The molecular weight excluding hydrogens is 444 g/mol. The monoisotopic (exact) mass is 464 g/mol. The van der Waals surface area contributed by atoms with Crippen molar-refractivity contribution in [3.63, 3.8) is 0 Å². The van der Waals surface area contributed by atoms with Crippen LogP contribution >= 0.6 is 27.7 Å². The maximum absolute atomic E-state index is 12.2. The van der Waals surface area contributed by atoms with E-state index >= 15 is 0 Å². The second-order valence-corrected chi connectivity index (χ2v) is 11.2. The minimum Gasteiger partial charge on any atom is -0.315 e. The molecule has 0 aliphatic carbocycles. The molecule has 0 radical (unpaired) electrons. The van der Waals surface area contributed by atoms with Crippen LogP contribution < -0.4 is 4.90 Å². The van der Waals surface area contributed by atoms with Crippen molar-refractivity contribution in [3.05, 3.63) is 63.6 Å². The maximum atomic E-state index is 12.2. The molecule has 7 heteroatoms. The molecule has 2 aromatic carbocycles. The van der Waals surface area contributed by atoms with Crippen LogP contribution in [0, 0.1) is 13.8 Å². The molecular formula is C20H21BrN2O2S2. The molecule has 142 valence electrons. The highest BCUT2D eigenvalue weighted by atomic mass is 79.9. The summed E-state index contributed by atoms with van der Waals surface area (Å²) >= 11 is 5.15. The van der Waals surface area contributed by atoms with E-state index in [1.54, 1.807) is 11.8 Å². The molecule has 27 heavy (non-hydrogen) atoms. The molecule has 0 amide bonds. The van der Waals surface area contributed by atoms with E-state index in [0.29, 0.717) is 0 Å². The van der Waals surface area contributed by atoms with Gasteiger partial charge in [0.15, 0.2) is 15.0 Å². The van der Waals surface area contributed by atoms with Gasteiger partial charge in [-0.15, -0.1) is 0 Å². The van der Waals surface area contributed by atoms with Gasteiger partial charge in [-0.25, -0.2) is 8.42 Å². The quantitative estimate of drug-likeness (QED) is 0.677. The first-order valence-electron chi connectivity index (χ1n) is 8.84. The number of rotatable bonds is 3. The first-order valence-corrected chi connectivity index (χ1v) is 12.4. The van der Waals surface area contributed by atoms with Crippen molar-refractivity contribution in [2.45, 2.75) is 31.7 Å². The van der Waals surface area contributed by atoms with Gasteiger partial charge >= 0.3 is 0 Å². The van der Waals surface area contributed by atoms with E-state index in [2.05, 4.69) is 65.0 Å². The summed E-state index contributed by atoms with van der Waals surface area (Å²) in [5.74, 6) is 1.14. The van der Waals surface area contributed by atoms with Crippen molar-refractivity contribution < 1.29 is 8.42 Å². The molecule has 0 saturated carbocycles. The molecule has 2 heterocycles. The number of aryl methyl sites for hydroxylation is 2. The predicted octanol–water partition coefficient (Wildman–Crippen LogP) is 4.34. The zero-order valence-electron chi connectivity index (χ0n) is 15.2. The first-order chi connectivity index (χ1) is 12.8. The van der Waals surface area contributed by atoms with Gasteiger partial charge in [0.2, 0.25) is 0 Å². The SMILES string of the molecule is Cc1ccc(C)c(N2C(SCc3ccc(Br)cc3)=N[C@@H]3CS(=O)(=O)C[C@@H]32)c1. The Morgan fingerprint density at radius 3 is 2.63 bits per heavy atom. The first kappa shape index (κ1) is 19.0.